The van der Waals surface area contributed by atoms with E-state index in [1.807, 2.05) is 0 Å². The summed E-state index contributed by atoms with van der Waals surface area (Å²) in [6.45, 7) is 0.999. The molecule has 1 aliphatic carbocycles. The van der Waals surface area contributed by atoms with E-state index in [-0.39, 0.29) is 6.10 Å². The lowest BCUT2D eigenvalue weighted by molar-refractivity contribution is 0.168. The topological polar surface area (TPSA) is 55.4 Å². The lowest BCUT2D eigenvalue weighted by Crippen LogP contribution is -2.27. The number of hydrogen-bond acceptors (Lipinski definition) is 4. The average molecular weight is 205 g/mol. The fraction of sp³-hybridized carbons (Fsp3) is 1.00. The molecule has 0 unspecified atom stereocenters. The summed E-state index contributed by atoms with van der Waals surface area (Å²) in [5.41, 5.74) is 0. The van der Waals surface area contributed by atoms with Crippen LogP contribution in [0.15, 0.2) is 0 Å². The van der Waals surface area contributed by atoms with Gasteiger partial charge in [0, 0.05) is 12.0 Å². The van der Waals surface area contributed by atoms with Crippen molar-refractivity contribution in [3.05, 3.63) is 0 Å². The van der Waals surface area contributed by atoms with Crippen LogP contribution in [0.2, 0.25) is 0 Å². The predicted molar refractivity (Wildman–Crippen MR) is 48.8 cm³/mol. The minimum absolute atomic E-state index is 0.0741. The van der Waals surface area contributed by atoms with Gasteiger partial charge in [0.25, 0.3) is 10.1 Å². The summed E-state index contributed by atoms with van der Waals surface area (Å²) in [5.74, 6) is 0.412. The van der Waals surface area contributed by atoms with Crippen LogP contribution in [-0.4, -0.2) is 33.4 Å². The largest absolute Gasteiger partial charge is 0.314 e. The first-order valence-corrected chi connectivity index (χ1v) is 6.49. The van der Waals surface area contributed by atoms with E-state index in [4.69, 9.17) is 4.18 Å². The molecule has 2 rings (SSSR count). The first-order chi connectivity index (χ1) is 6.06. The standard InChI is InChI=1S/C8H15NO3S/c1-13(10,11)12-8-3-2-7-6(8)4-5-9-7/h6-9H,2-5H2,1H3/t6-,7-,8+/m1/s1. The molecular formula is C8H15NO3S. The minimum atomic E-state index is -3.27. The second-order valence-electron chi connectivity index (χ2n) is 3.93. The molecule has 0 amide bonds. The molecule has 1 saturated carbocycles. The Kier molecular flexibility index (Phi) is 2.33. The van der Waals surface area contributed by atoms with Crippen LogP contribution in [0.25, 0.3) is 0 Å². The van der Waals surface area contributed by atoms with E-state index in [2.05, 4.69) is 5.32 Å². The third-order valence-electron chi connectivity index (χ3n) is 2.94. The van der Waals surface area contributed by atoms with Gasteiger partial charge >= 0.3 is 0 Å². The molecule has 2 fully saturated rings. The van der Waals surface area contributed by atoms with Gasteiger partial charge in [0.1, 0.15) is 0 Å². The molecule has 0 aromatic rings. The van der Waals surface area contributed by atoms with E-state index in [0.717, 1.165) is 32.1 Å². The Labute approximate surface area is 78.8 Å². The van der Waals surface area contributed by atoms with Crippen LogP contribution < -0.4 is 5.32 Å². The van der Waals surface area contributed by atoms with Crippen molar-refractivity contribution in [2.45, 2.75) is 31.4 Å². The number of nitrogens with one attached hydrogen (secondary N) is 1. The molecule has 4 nitrogen and oxygen atoms in total. The second-order valence-corrected chi connectivity index (χ2v) is 5.53. The zero-order valence-corrected chi connectivity index (χ0v) is 8.51. The maximum Gasteiger partial charge on any atom is 0.264 e. The molecule has 1 heterocycles. The van der Waals surface area contributed by atoms with Gasteiger partial charge in [-0.05, 0) is 25.8 Å². The van der Waals surface area contributed by atoms with Gasteiger partial charge in [-0.2, -0.15) is 8.42 Å². The van der Waals surface area contributed by atoms with E-state index < -0.39 is 10.1 Å². The zero-order valence-electron chi connectivity index (χ0n) is 7.69. The third-order valence-corrected chi connectivity index (χ3v) is 3.54. The molecule has 1 saturated heterocycles. The number of rotatable bonds is 2. The SMILES string of the molecule is CS(=O)(=O)O[C@H]1CC[C@H]2NCC[C@@H]12. The van der Waals surface area contributed by atoms with Crippen molar-refractivity contribution in [2.75, 3.05) is 12.8 Å². The summed E-state index contributed by atoms with van der Waals surface area (Å²) in [6, 6.07) is 0.492. The smallest absolute Gasteiger partial charge is 0.264 e. The van der Waals surface area contributed by atoms with Gasteiger partial charge in [-0.3, -0.25) is 4.18 Å². The minimum Gasteiger partial charge on any atom is -0.314 e. The van der Waals surface area contributed by atoms with E-state index >= 15 is 0 Å². The molecule has 0 radical (unpaired) electrons. The van der Waals surface area contributed by atoms with Crippen LogP contribution in [0.5, 0.6) is 0 Å². The van der Waals surface area contributed by atoms with Crippen molar-refractivity contribution in [1.29, 1.82) is 0 Å². The molecule has 1 aliphatic heterocycles. The Morgan fingerprint density at radius 1 is 1.31 bits per heavy atom. The van der Waals surface area contributed by atoms with Gasteiger partial charge in [-0.15, -0.1) is 0 Å². The van der Waals surface area contributed by atoms with Crippen molar-refractivity contribution in [3.63, 3.8) is 0 Å². The first kappa shape index (κ1) is 9.43. The van der Waals surface area contributed by atoms with Gasteiger partial charge in [0.2, 0.25) is 0 Å². The molecule has 0 spiro atoms. The molecule has 5 heteroatoms. The quantitative estimate of drug-likeness (QED) is 0.650. The van der Waals surface area contributed by atoms with Crippen LogP contribution in [0.4, 0.5) is 0 Å². The molecular weight excluding hydrogens is 190 g/mol. The van der Waals surface area contributed by atoms with Crippen molar-refractivity contribution in [2.24, 2.45) is 5.92 Å². The van der Waals surface area contributed by atoms with Crippen LogP contribution in [-0.2, 0) is 14.3 Å². The number of hydrogen-bond donors (Lipinski definition) is 1. The predicted octanol–water partition coefficient (Wildman–Crippen LogP) is 0.103. The average Bonchev–Trinajstić information content (AvgIpc) is 2.50. The highest BCUT2D eigenvalue weighted by Gasteiger charge is 2.41. The molecule has 13 heavy (non-hydrogen) atoms. The molecule has 1 N–H and O–H groups in total. The summed E-state index contributed by atoms with van der Waals surface area (Å²) in [7, 11) is -3.27. The Balaban J connectivity index is 2.01. The van der Waals surface area contributed by atoms with Gasteiger partial charge in [-0.25, -0.2) is 0 Å². The second kappa shape index (κ2) is 3.22. The molecule has 76 valence electrons. The number of fused-ring (bicyclic) bond motifs is 1. The summed E-state index contributed by atoms with van der Waals surface area (Å²) in [6.07, 6.45) is 4.02. The molecule has 0 bridgehead atoms. The normalized spacial score (nSPS) is 39.3. The van der Waals surface area contributed by atoms with Gasteiger partial charge in [0.05, 0.1) is 12.4 Å². The fourth-order valence-corrected chi connectivity index (χ4v) is 3.14. The van der Waals surface area contributed by atoms with E-state index in [0.29, 0.717) is 12.0 Å². The van der Waals surface area contributed by atoms with Crippen LogP contribution in [0.1, 0.15) is 19.3 Å². The highest BCUT2D eigenvalue weighted by atomic mass is 32.2. The summed E-state index contributed by atoms with van der Waals surface area (Å²) < 4.78 is 26.9. The molecule has 0 aromatic carbocycles. The van der Waals surface area contributed by atoms with Crippen LogP contribution in [0.3, 0.4) is 0 Å². The monoisotopic (exact) mass is 205 g/mol. The molecule has 0 aromatic heterocycles. The first-order valence-electron chi connectivity index (χ1n) is 4.68. The molecule has 3 atom stereocenters. The third kappa shape index (κ3) is 2.03. The summed E-state index contributed by atoms with van der Waals surface area (Å²) >= 11 is 0. The van der Waals surface area contributed by atoms with Gasteiger partial charge in [0.15, 0.2) is 0 Å². The lowest BCUT2D eigenvalue weighted by atomic mass is 10.0. The van der Waals surface area contributed by atoms with E-state index in [1.165, 1.54) is 0 Å². The highest BCUT2D eigenvalue weighted by molar-refractivity contribution is 7.86. The van der Waals surface area contributed by atoms with Gasteiger partial charge < -0.3 is 5.32 Å². The van der Waals surface area contributed by atoms with E-state index in [9.17, 15) is 8.42 Å². The van der Waals surface area contributed by atoms with Gasteiger partial charge in [-0.1, -0.05) is 0 Å². The summed E-state index contributed by atoms with van der Waals surface area (Å²) in [4.78, 5) is 0. The zero-order chi connectivity index (χ0) is 9.47. The fourth-order valence-electron chi connectivity index (χ4n) is 2.45. The highest BCUT2D eigenvalue weighted by Crippen LogP contribution is 2.35. The summed E-state index contributed by atoms with van der Waals surface area (Å²) in [5, 5.41) is 3.36. The Bertz CT molecular complexity index is 288. The lowest BCUT2D eigenvalue weighted by Gasteiger charge is -2.16. The van der Waals surface area contributed by atoms with Crippen molar-refractivity contribution in [1.82, 2.24) is 5.32 Å². The van der Waals surface area contributed by atoms with E-state index in [1.54, 1.807) is 0 Å². The van der Waals surface area contributed by atoms with Crippen LogP contribution in [0, 0.1) is 5.92 Å². The van der Waals surface area contributed by atoms with Crippen molar-refractivity contribution >= 4 is 10.1 Å². The van der Waals surface area contributed by atoms with Crippen LogP contribution >= 0.6 is 0 Å². The Hall–Kier alpha value is -0.130. The van der Waals surface area contributed by atoms with Crippen molar-refractivity contribution < 1.29 is 12.6 Å². The Morgan fingerprint density at radius 3 is 2.77 bits per heavy atom. The Morgan fingerprint density at radius 2 is 2.08 bits per heavy atom. The maximum absolute atomic E-state index is 10.9. The van der Waals surface area contributed by atoms with Crippen molar-refractivity contribution in [3.8, 4) is 0 Å². The molecule has 2 aliphatic rings. The maximum atomic E-state index is 10.9.